The minimum absolute atomic E-state index is 0.147. The highest BCUT2D eigenvalue weighted by Crippen LogP contribution is 2.23. The lowest BCUT2D eigenvalue weighted by Gasteiger charge is -2.37. The van der Waals surface area contributed by atoms with E-state index >= 15 is 0 Å². The van der Waals surface area contributed by atoms with Gasteiger partial charge in [-0.05, 0) is 13.8 Å². The molecule has 25 heavy (non-hydrogen) atoms. The van der Waals surface area contributed by atoms with Crippen LogP contribution in [0.3, 0.4) is 0 Å². The third kappa shape index (κ3) is 3.98. The Morgan fingerprint density at radius 1 is 1.08 bits per heavy atom. The molecule has 3 heterocycles. The molecule has 2 aromatic rings. The van der Waals surface area contributed by atoms with Gasteiger partial charge in [0.05, 0.1) is 6.04 Å². The maximum absolute atomic E-state index is 5.40. The van der Waals surface area contributed by atoms with Crippen molar-refractivity contribution in [3.8, 4) is 0 Å². The van der Waals surface area contributed by atoms with Crippen molar-refractivity contribution in [3.05, 3.63) is 29.3 Å². The maximum Gasteiger partial charge on any atom is 0.243 e. The molecule has 7 heteroatoms. The van der Waals surface area contributed by atoms with Gasteiger partial charge in [0, 0.05) is 50.3 Å². The Kier molecular flexibility index (Phi) is 5.32. The summed E-state index contributed by atoms with van der Waals surface area (Å²) in [5.74, 6) is 3.78. The Hall–Kier alpha value is -2.02. The summed E-state index contributed by atoms with van der Waals surface area (Å²) in [4.78, 5) is 18.5. The third-order valence-corrected chi connectivity index (χ3v) is 4.72. The van der Waals surface area contributed by atoms with Gasteiger partial charge in [-0.25, -0.2) is 9.97 Å². The lowest BCUT2D eigenvalue weighted by molar-refractivity contribution is 0.164. The van der Waals surface area contributed by atoms with E-state index in [0.29, 0.717) is 11.8 Å². The van der Waals surface area contributed by atoms with Gasteiger partial charge in [0.25, 0.3) is 0 Å². The van der Waals surface area contributed by atoms with Gasteiger partial charge >= 0.3 is 0 Å². The highest BCUT2D eigenvalue weighted by atomic mass is 16.5. The van der Waals surface area contributed by atoms with Crippen molar-refractivity contribution in [2.24, 2.45) is 0 Å². The molecule has 3 rings (SSSR count). The van der Waals surface area contributed by atoms with Crippen LogP contribution in [0.25, 0.3) is 0 Å². The van der Waals surface area contributed by atoms with Gasteiger partial charge in [-0.2, -0.15) is 4.98 Å². The molecule has 7 nitrogen and oxygen atoms in total. The number of piperazine rings is 1. The van der Waals surface area contributed by atoms with Crippen LogP contribution in [0.5, 0.6) is 0 Å². The van der Waals surface area contributed by atoms with Crippen LogP contribution in [-0.4, -0.2) is 51.2 Å². The first kappa shape index (κ1) is 17.8. The Morgan fingerprint density at radius 2 is 1.80 bits per heavy atom. The summed E-state index contributed by atoms with van der Waals surface area (Å²) >= 11 is 0. The van der Waals surface area contributed by atoms with Crippen molar-refractivity contribution in [1.82, 2.24) is 25.0 Å². The zero-order valence-corrected chi connectivity index (χ0v) is 15.9. The van der Waals surface area contributed by atoms with E-state index in [1.165, 1.54) is 0 Å². The lowest BCUT2D eigenvalue weighted by Crippen LogP contribution is -2.47. The van der Waals surface area contributed by atoms with E-state index < -0.39 is 0 Å². The van der Waals surface area contributed by atoms with E-state index in [0.717, 1.165) is 55.8 Å². The van der Waals surface area contributed by atoms with Gasteiger partial charge in [-0.15, -0.1) is 0 Å². The smallest absolute Gasteiger partial charge is 0.243 e. The Bertz CT molecular complexity index is 705. The first-order chi connectivity index (χ1) is 12.0. The molecule has 0 spiro atoms. The molecule has 0 bridgehead atoms. The molecule has 0 saturated carbocycles. The molecule has 1 atom stereocenters. The van der Waals surface area contributed by atoms with E-state index in [2.05, 4.69) is 51.8 Å². The standard InChI is InChI=1S/C18H28N6O/c1-6-15-20-18(25-22-15)14(5)23-7-9-24(10-8-23)16-11-13(4)19-17(21-16)12(2)3/h11-12,14H,6-10H2,1-5H3/t14-/m1/s1. The van der Waals surface area contributed by atoms with E-state index in [1.54, 1.807) is 0 Å². The van der Waals surface area contributed by atoms with E-state index in [-0.39, 0.29) is 6.04 Å². The number of aryl methyl sites for hydroxylation is 2. The van der Waals surface area contributed by atoms with Gasteiger partial charge in [-0.1, -0.05) is 25.9 Å². The van der Waals surface area contributed by atoms with Crippen LogP contribution in [0.2, 0.25) is 0 Å². The fourth-order valence-corrected chi connectivity index (χ4v) is 3.07. The normalized spacial score (nSPS) is 17.3. The Labute approximate surface area is 149 Å². The minimum Gasteiger partial charge on any atom is -0.354 e. The molecule has 1 fully saturated rings. The molecular weight excluding hydrogens is 316 g/mol. The van der Waals surface area contributed by atoms with E-state index in [1.807, 2.05) is 13.8 Å². The van der Waals surface area contributed by atoms with E-state index in [4.69, 9.17) is 9.51 Å². The average Bonchev–Trinajstić information content (AvgIpc) is 3.10. The molecule has 0 amide bonds. The molecule has 1 aliphatic rings. The quantitative estimate of drug-likeness (QED) is 0.826. The van der Waals surface area contributed by atoms with Crippen molar-refractivity contribution >= 4 is 5.82 Å². The lowest BCUT2D eigenvalue weighted by atomic mass is 10.2. The highest BCUT2D eigenvalue weighted by Gasteiger charge is 2.26. The summed E-state index contributed by atoms with van der Waals surface area (Å²) in [5.41, 5.74) is 1.03. The predicted molar refractivity (Wildman–Crippen MR) is 96.7 cm³/mol. The monoisotopic (exact) mass is 344 g/mol. The summed E-state index contributed by atoms with van der Waals surface area (Å²) in [6, 6.07) is 2.23. The van der Waals surface area contributed by atoms with Crippen LogP contribution in [0, 0.1) is 6.92 Å². The number of hydrogen-bond acceptors (Lipinski definition) is 7. The molecule has 2 aromatic heterocycles. The van der Waals surface area contributed by atoms with Crippen LogP contribution < -0.4 is 4.90 Å². The summed E-state index contributed by atoms with van der Waals surface area (Å²) in [5, 5.41) is 4.01. The largest absolute Gasteiger partial charge is 0.354 e. The Morgan fingerprint density at radius 3 is 2.40 bits per heavy atom. The first-order valence-corrected chi connectivity index (χ1v) is 9.15. The Balaban J connectivity index is 1.65. The second kappa shape index (κ2) is 7.47. The zero-order valence-electron chi connectivity index (χ0n) is 15.9. The fourth-order valence-electron chi connectivity index (χ4n) is 3.07. The van der Waals surface area contributed by atoms with Crippen molar-refractivity contribution in [3.63, 3.8) is 0 Å². The topological polar surface area (TPSA) is 71.2 Å². The minimum atomic E-state index is 0.147. The number of hydrogen-bond donors (Lipinski definition) is 0. The van der Waals surface area contributed by atoms with Gasteiger partial charge in [0.15, 0.2) is 5.82 Å². The molecule has 1 saturated heterocycles. The summed E-state index contributed by atoms with van der Waals surface area (Å²) in [6.45, 7) is 14.2. The zero-order chi connectivity index (χ0) is 18.0. The number of nitrogens with zero attached hydrogens (tertiary/aromatic N) is 6. The SMILES string of the molecule is CCc1noc([C@@H](C)N2CCN(c3cc(C)nc(C(C)C)n3)CC2)n1. The third-order valence-electron chi connectivity index (χ3n) is 4.72. The van der Waals surface area contributed by atoms with Crippen LogP contribution >= 0.6 is 0 Å². The van der Waals surface area contributed by atoms with Gasteiger partial charge < -0.3 is 9.42 Å². The number of aromatic nitrogens is 4. The predicted octanol–water partition coefficient (Wildman–Crippen LogP) is 2.74. The molecule has 1 aliphatic heterocycles. The van der Waals surface area contributed by atoms with Crippen LogP contribution in [0.15, 0.2) is 10.6 Å². The number of rotatable bonds is 5. The number of anilines is 1. The summed E-state index contributed by atoms with van der Waals surface area (Å²) < 4.78 is 5.40. The molecule has 136 valence electrons. The fraction of sp³-hybridized carbons (Fsp3) is 0.667. The second-order valence-corrected chi connectivity index (χ2v) is 6.98. The van der Waals surface area contributed by atoms with Crippen LogP contribution in [-0.2, 0) is 6.42 Å². The van der Waals surface area contributed by atoms with Crippen LogP contribution in [0.4, 0.5) is 5.82 Å². The summed E-state index contributed by atoms with van der Waals surface area (Å²) in [6.07, 6.45) is 0.801. The maximum atomic E-state index is 5.40. The molecule has 0 radical (unpaired) electrons. The van der Waals surface area contributed by atoms with Gasteiger partial charge in [0.2, 0.25) is 5.89 Å². The van der Waals surface area contributed by atoms with Gasteiger partial charge in [-0.3, -0.25) is 4.90 Å². The highest BCUT2D eigenvalue weighted by molar-refractivity contribution is 5.40. The van der Waals surface area contributed by atoms with Crippen molar-refractivity contribution in [2.75, 3.05) is 31.1 Å². The molecule has 0 aliphatic carbocycles. The van der Waals surface area contributed by atoms with Crippen molar-refractivity contribution in [2.45, 2.75) is 53.0 Å². The molecule has 0 aromatic carbocycles. The van der Waals surface area contributed by atoms with Gasteiger partial charge in [0.1, 0.15) is 11.6 Å². The second-order valence-electron chi connectivity index (χ2n) is 6.98. The average molecular weight is 344 g/mol. The van der Waals surface area contributed by atoms with Crippen molar-refractivity contribution in [1.29, 1.82) is 0 Å². The first-order valence-electron chi connectivity index (χ1n) is 9.15. The van der Waals surface area contributed by atoms with E-state index in [9.17, 15) is 0 Å². The molecule has 0 N–H and O–H groups in total. The summed E-state index contributed by atoms with van der Waals surface area (Å²) in [7, 11) is 0. The van der Waals surface area contributed by atoms with Crippen molar-refractivity contribution < 1.29 is 4.52 Å². The molecule has 0 unspecified atom stereocenters. The van der Waals surface area contributed by atoms with Crippen LogP contribution in [0.1, 0.15) is 62.9 Å². The molecular formula is C18H28N6O.